The van der Waals surface area contributed by atoms with E-state index >= 15 is 0 Å². The summed E-state index contributed by atoms with van der Waals surface area (Å²) < 4.78 is 1.09. The molecule has 0 bridgehead atoms. The number of amides is 2. The van der Waals surface area contributed by atoms with E-state index in [0.29, 0.717) is 12.0 Å². The summed E-state index contributed by atoms with van der Waals surface area (Å²) in [6.45, 7) is 0. The van der Waals surface area contributed by atoms with E-state index in [4.69, 9.17) is 0 Å². The van der Waals surface area contributed by atoms with Crippen molar-refractivity contribution in [3.05, 3.63) is 56.8 Å². The largest absolute Gasteiger partial charge is 0.360 e. The first-order valence-electron chi connectivity index (χ1n) is 7.53. The van der Waals surface area contributed by atoms with Crippen LogP contribution in [0, 0.1) is 0 Å². The number of rotatable bonds is 5. The molecule has 7 heteroatoms. The first kappa shape index (κ1) is 16.7. The molecule has 5 nitrogen and oxygen atoms in total. The van der Waals surface area contributed by atoms with Gasteiger partial charge in [-0.15, -0.1) is 11.3 Å². The van der Waals surface area contributed by atoms with E-state index in [1.807, 2.05) is 36.4 Å². The van der Waals surface area contributed by atoms with Crippen LogP contribution in [0.3, 0.4) is 0 Å². The Kier molecular flexibility index (Phi) is 5.32. The van der Waals surface area contributed by atoms with Gasteiger partial charge in [0.1, 0.15) is 0 Å². The molecule has 0 aliphatic heterocycles. The lowest BCUT2D eigenvalue weighted by atomic mass is 10.2. The van der Waals surface area contributed by atoms with Crippen molar-refractivity contribution in [2.24, 2.45) is 0 Å². The quantitative estimate of drug-likeness (QED) is 0.565. The number of halogens is 1. The summed E-state index contributed by atoms with van der Waals surface area (Å²) in [6, 6.07) is 11.6. The summed E-state index contributed by atoms with van der Waals surface area (Å²) in [6.07, 6.45) is 3.59. The molecule has 0 radical (unpaired) electrons. The van der Waals surface area contributed by atoms with Crippen molar-refractivity contribution in [3.8, 4) is 0 Å². The molecule has 0 unspecified atom stereocenters. The van der Waals surface area contributed by atoms with Crippen LogP contribution >= 0.6 is 27.3 Å². The summed E-state index contributed by atoms with van der Waals surface area (Å²) in [7, 11) is 0. The molecule has 3 rings (SSSR count). The van der Waals surface area contributed by atoms with Gasteiger partial charge in [0.25, 0.3) is 5.91 Å². The van der Waals surface area contributed by atoms with Crippen molar-refractivity contribution in [1.82, 2.24) is 15.8 Å². The van der Waals surface area contributed by atoms with Gasteiger partial charge in [0.05, 0.1) is 9.35 Å². The van der Waals surface area contributed by atoms with Crippen LogP contribution in [0.15, 0.2) is 46.4 Å². The van der Waals surface area contributed by atoms with Crippen LogP contribution in [-0.4, -0.2) is 16.8 Å². The highest BCUT2D eigenvalue weighted by atomic mass is 79.9. The maximum absolute atomic E-state index is 12.2. The average molecular weight is 406 g/mol. The van der Waals surface area contributed by atoms with Crippen LogP contribution in [0.5, 0.6) is 0 Å². The first-order valence-corrected chi connectivity index (χ1v) is 9.14. The molecular weight excluding hydrogens is 390 g/mol. The third-order valence-electron chi connectivity index (χ3n) is 3.61. The molecule has 0 saturated carbocycles. The van der Waals surface area contributed by atoms with Gasteiger partial charge in [-0.05, 0) is 47.0 Å². The van der Waals surface area contributed by atoms with Gasteiger partial charge in [0, 0.05) is 28.4 Å². The van der Waals surface area contributed by atoms with Crippen LogP contribution in [0.2, 0.25) is 0 Å². The highest BCUT2D eigenvalue weighted by Crippen LogP contribution is 2.23. The molecule has 2 heterocycles. The highest BCUT2D eigenvalue weighted by Gasteiger charge is 2.12. The van der Waals surface area contributed by atoms with Crippen molar-refractivity contribution in [3.63, 3.8) is 0 Å². The third kappa shape index (κ3) is 4.04. The summed E-state index contributed by atoms with van der Waals surface area (Å²) >= 11 is 5.09. The Morgan fingerprint density at radius 1 is 1.12 bits per heavy atom. The number of H-pyrrole nitrogens is 1. The van der Waals surface area contributed by atoms with Gasteiger partial charge in [-0.3, -0.25) is 20.4 Å². The molecule has 24 heavy (non-hydrogen) atoms. The average Bonchev–Trinajstić information content (AvgIpc) is 3.19. The Morgan fingerprint density at radius 3 is 2.75 bits per heavy atom. The minimum Gasteiger partial charge on any atom is -0.360 e. The van der Waals surface area contributed by atoms with Gasteiger partial charge in [-0.25, -0.2) is 0 Å². The second kappa shape index (κ2) is 7.63. The second-order valence-corrected chi connectivity index (χ2v) is 7.86. The summed E-state index contributed by atoms with van der Waals surface area (Å²) in [5.74, 6) is -0.526. The molecule has 3 aromatic rings. The zero-order valence-electron chi connectivity index (χ0n) is 12.8. The number of hydrogen-bond acceptors (Lipinski definition) is 3. The Balaban J connectivity index is 1.46. The number of hydrazine groups is 1. The predicted octanol–water partition coefficient (Wildman–Crippen LogP) is 3.78. The van der Waals surface area contributed by atoms with E-state index in [0.717, 1.165) is 27.5 Å². The molecule has 0 aliphatic rings. The maximum atomic E-state index is 12.2. The van der Waals surface area contributed by atoms with Crippen molar-refractivity contribution in [2.75, 3.05) is 0 Å². The molecule has 124 valence electrons. The Bertz CT molecular complexity index is 871. The minimum atomic E-state index is -0.331. The van der Waals surface area contributed by atoms with Gasteiger partial charge in [-0.2, -0.15) is 0 Å². The van der Waals surface area contributed by atoms with Crippen molar-refractivity contribution in [2.45, 2.75) is 19.3 Å². The van der Waals surface area contributed by atoms with E-state index in [1.54, 1.807) is 17.5 Å². The van der Waals surface area contributed by atoms with Gasteiger partial charge in [0.15, 0.2) is 0 Å². The number of hydrogen-bond donors (Lipinski definition) is 3. The van der Waals surface area contributed by atoms with E-state index in [1.165, 1.54) is 4.88 Å². The molecule has 0 atom stereocenters. The standard InChI is InChI=1S/C17H16BrN3O2S/c18-15-9-8-11(24-15)4-3-7-16(22)20-21-17(23)13-10-19-14-6-2-1-5-12(13)14/h1-2,5-6,8-10,19H,3-4,7H2,(H,20,22)(H,21,23). The number of aromatic nitrogens is 1. The summed E-state index contributed by atoms with van der Waals surface area (Å²) in [4.78, 5) is 28.3. The number of carbonyl (C=O) groups is 2. The normalized spacial score (nSPS) is 10.7. The molecule has 2 amide bonds. The highest BCUT2D eigenvalue weighted by molar-refractivity contribution is 9.11. The second-order valence-electron chi connectivity index (χ2n) is 5.31. The lowest BCUT2D eigenvalue weighted by molar-refractivity contribution is -0.121. The maximum Gasteiger partial charge on any atom is 0.271 e. The van der Waals surface area contributed by atoms with Gasteiger partial charge in [0.2, 0.25) is 5.91 Å². The smallest absolute Gasteiger partial charge is 0.271 e. The van der Waals surface area contributed by atoms with Gasteiger partial charge < -0.3 is 4.98 Å². The number of aromatic amines is 1. The summed E-state index contributed by atoms with van der Waals surface area (Å²) in [5, 5.41) is 0.826. The minimum absolute atomic E-state index is 0.196. The van der Waals surface area contributed by atoms with Gasteiger partial charge >= 0.3 is 0 Å². The fraction of sp³-hybridized carbons (Fsp3) is 0.176. The SMILES string of the molecule is O=C(CCCc1ccc(Br)s1)NNC(=O)c1c[nH]c2ccccc12. The number of benzene rings is 1. The fourth-order valence-corrected chi connectivity index (χ4v) is 3.95. The summed E-state index contributed by atoms with van der Waals surface area (Å²) in [5.41, 5.74) is 6.33. The Hall–Kier alpha value is -2.12. The lowest BCUT2D eigenvalue weighted by Crippen LogP contribution is -2.41. The van der Waals surface area contributed by atoms with E-state index < -0.39 is 0 Å². The van der Waals surface area contributed by atoms with Crippen LogP contribution in [0.4, 0.5) is 0 Å². The van der Waals surface area contributed by atoms with Crippen LogP contribution in [-0.2, 0) is 11.2 Å². The topological polar surface area (TPSA) is 74.0 Å². The number of carbonyl (C=O) groups excluding carboxylic acids is 2. The third-order valence-corrected chi connectivity index (χ3v) is 5.29. The lowest BCUT2D eigenvalue weighted by Gasteiger charge is -2.06. The Labute approximate surface area is 151 Å². The first-order chi connectivity index (χ1) is 11.6. The predicted molar refractivity (Wildman–Crippen MR) is 98.9 cm³/mol. The molecular formula is C17H16BrN3O2S. The number of thiophene rings is 1. The van der Waals surface area contributed by atoms with Crippen molar-refractivity contribution >= 4 is 50.0 Å². The molecule has 2 aromatic heterocycles. The number of fused-ring (bicyclic) bond motifs is 1. The molecule has 3 N–H and O–H groups in total. The zero-order chi connectivity index (χ0) is 16.9. The Morgan fingerprint density at radius 2 is 1.96 bits per heavy atom. The number of para-hydroxylation sites is 1. The van der Waals surface area contributed by atoms with Crippen LogP contribution in [0.1, 0.15) is 28.1 Å². The number of aryl methyl sites for hydroxylation is 1. The van der Waals surface area contributed by atoms with E-state index in [2.05, 4.69) is 31.8 Å². The van der Waals surface area contributed by atoms with Gasteiger partial charge in [-0.1, -0.05) is 18.2 Å². The monoisotopic (exact) mass is 405 g/mol. The van der Waals surface area contributed by atoms with Crippen molar-refractivity contribution < 1.29 is 9.59 Å². The molecule has 0 fully saturated rings. The molecule has 0 saturated heterocycles. The van der Waals surface area contributed by atoms with E-state index in [9.17, 15) is 9.59 Å². The fourth-order valence-electron chi connectivity index (χ4n) is 2.42. The zero-order valence-corrected chi connectivity index (χ0v) is 15.2. The number of nitrogens with one attached hydrogen (secondary N) is 3. The van der Waals surface area contributed by atoms with Crippen molar-refractivity contribution in [1.29, 1.82) is 0 Å². The van der Waals surface area contributed by atoms with E-state index in [-0.39, 0.29) is 11.8 Å². The van der Waals surface area contributed by atoms with Crippen LogP contribution < -0.4 is 10.9 Å². The molecule has 0 aliphatic carbocycles. The van der Waals surface area contributed by atoms with Crippen LogP contribution in [0.25, 0.3) is 10.9 Å². The molecule has 1 aromatic carbocycles. The molecule has 0 spiro atoms.